The van der Waals surface area contributed by atoms with Crippen LogP contribution < -0.4 is 5.32 Å². The van der Waals surface area contributed by atoms with Gasteiger partial charge in [0.25, 0.3) is 0 Å². The molecule has 3 saturated carbocycles. The Labute approximate surface area is 234 Å². The molecule has 0 aromatic carbocycles. The molecule has 1 heterocycles. The number of aliphatic hydroxyl groups excluding tert-OH is 1. The highest BCUT2D eigenvalue weighted by molar-refractivity contribution is 5.85. The predicted molar refractivity (Wildman–Crippen MR) is 152 cm³/mol. The van der Waals surface area contributed by atoms with Crippen molar-refractivity contribution in [1.82, 2.24) is 15.1 Å². The Morgan fingerprint density at radius 3 is 2.56 bits per heavy atom. The average Bonchev–Trinajstić information content (AvgIpc) is 3.50. The Hall–Kier alpha value is -1.93. The third kappa shape index (κ3) is 5.16. The molecular formula is C31H50N4O4. The molecule has 39 heavy (non-hydrogen) atoms. The molecule has 0 bridgehead atoms. The van der Waals surface area contributed by atoms with Gasteiger partial charge in [-0.15, -0.1) is 0 Å². The number of hydrogen-bond acceptors (Lipinski definition) is 6. The van der Waals surface area contributed by atoms with Crippen LogP contribution >= 0.6 is 0 Å². The third-order valence-corrected chi connectivity index (χ3v) is 11.6. The van der Waals surface area contributed by atoms with Gasteiger partial charge in [0.15, 0.2) is 0 Å². The Morgan fingerprint density at radius 1 is 1.05 bits per heavy atom. The molecule has 4 aliphatic carbocycles. The molecule has 8 heteroatoms. The van der Waals surface area contributed by atoms with Crippen LogP contribution in [0.5, 0.6) is 0 Å². The van der Waals surface area contributed by atoms with Crippen molar-refractivity contribution < 1.29 is 19.5 Å². The normalized spacial score (nSPS) is 41.7. The van der Waals surface area contributed by atoms with Crippen LogP contribution in [-0.4, -0.2) is 78.5 Å². The number of nitrogens with zero attached hydrogens (tertiary/aromatic N) is 3. The fourth-order valence-corrected chi connectivity index (χ4v) is 9.52. The maximum absolute atomic E-state index is 12.8. The van der Waals surface area contributed by atoms with Crippen molar-refractivity contribution in [2.24, 2.45) is 39.7 Å². The summed E-state index contributed by atoms with van der Waals surface area (Å²) in [7, 11) is 5.27. The molecule has 0 aromatic rings. The van der Waals surface area contributed by atoms with E-state index >= 15 is 0 Å². The van der Waals surface area contributed by atoms with Crippen molar-refractivity contribution in [1.29, 1.82) is 0 Å². The summed E-state index contributed by atoms with van der Waals surface area (Å²) in [5.74, 6) is 2.55. The van der Waals surface area contributed by atoms with Crippen molar-refractivity contribution in [3.05, 3.63) is 11.6 Å². The smallest absolute Gasteiger partial charge is 0.389 e. The number of nitrogens with one attached hydrogen (secondary N) is 1. The van der Waals surface area contributed by atoms with E-state index < -0.39 is 6.09 Å². The number of oxime groups is 1. The topological polar surface area (TPSA) is 94.5 Å². The van der Waals surface area contributed by atoms with Gasteiger partial charge in [-0.05, 0) is 99.7 Å². The lowest BCUT2D eigenvalue weighted by Crippen LogP contribution is -2.51. The Kier molecular flexibility index (Phi) is 7.92. The number of likely N-dealkylation sites (N-methyl/N-ethyl adjacent to an activating group) is 2. The van der Waals surface area contributed by atoms with E-state index in [2.05, 4.69) is 30.4 Å². The van der Waals surface area contributed by atoms with Crippen LogP contribution in [0.15, 0.2) is 16.8 Å². The van der Waals surface area contributed by atoms with Gasteiger partial charge in [0, 0.05) is 39.6 Å². The second kappa shape index (κ2) is 10.8. The maximum Gasteiger partial charge on any atom is 0.435 e. The molecule has 8 nitrogen and oxygen atoms in total. The molecule has 0 aromatic heterocycles. The average molecular weight is 543 g/mol. The van der Waals surface area contributed by atoms with E-state index in [4.69, 9.17) is 4.84 Å². The molecular weight excluding hydrogens is 492 g/mol. The number of carbonyl (C=O) groups is 2. The zero-order valence-electron chi connectivity index (χ0n) is 24.9. The van der Waals surface area contributed by atoms with Crippen molar-refractivity contribution in [2.75, 3.05) is 27.7 Å². The first-order chi connectivity index (χ1) is 18.4. The molecule has 1 aliphatic heterocycles. The van der Waals surface area contributed by atoms with Crippen LogP contribution in [0.2, 0.25) is 0 Å². The first-order valence-corrected chi connectivity index (χ1v) is 15.3. The molecule has 218 valence electrons. The summed E-state index contributed by atoms with van der Waals surface area (Å²) in [6.07, 6.45) is 12.2. The summed E-state index contributed by atoms with van der Waals surface area (Å²) in [6.45, 7) is 7.47. The van der Waals surface area contributed by atoms with Crippen molar-refractivity contribution in [3.63, 3.8) is 0 Å². The Bertz CT molecular complexity index is 1030. The number of rotatable bonds is 5. The third-order valence-electron chi connectivity index (χ3n) is 11.6. The first kappa shape index (κ1) is 28.6. The second-order valence-corrected chi connectivity index (χ2v) is 14.0. The SMILES string of the molecule is C/C(=N\OC(=O)N(C)CC1CCC(C(=O)N(C)C)N1)[C@H]1CC[C@H]2[C@@H]3CCC4=C[C@@H](O)CC[C@]4(C)[C@H]3CC[C@]12C. The first-order valence-electron chi connectivity index (χ1n) is 15.3. The zero-order valence-corrected chi connectivity index (χ0v) is 24.9. The second-order valence-electron chi connectivity index (χ2n) is 14.0. The summed E-state index contributed by atoms with van der Waals surface area (Å²) in [5, 5.41) is 18.0. The van der Waals surface area contributed by atoms with E-state index in [0.717, 1.165) is 50.2 Å². The van der Waals surface area contributed by atoms with Gasteiger partial charge >= 0.3 is 6.09 Å². The van der Waals surface area contributed by atoms with Crippen LogP contribution in [0.25, 0.3) is 0 Å². The standard InChI is InChI=1S/C31H50N4O4/c1-19(33-39-29(38)35(6)18-21-8-12-27(32-21)28(37)34(4)5)24-10-11-25-23-9-7-20-17-22(36)13-15-30(20,2)26(23)14-16-31(24,25)3/h17,21-27,32,36H,7-16,18H2,1-6H3/b33-19+/t21?,22-,23-,24+,25-,26-,27?,30-,31+/m0/s1. The number of allylic oxidation sites excluding steroid dienone is 1. The molecule has 1 saturated heterocycles. The highest BCUT2D eigenvalue weighted by atomic mass is 16.7. The number of fused-ring (bicyclic) bond motifs is 5. The van der Waals surface area contributed by atoms with Crippen molar-refractivity contribution >= 4 is 17.7 Å². The fraction of sp³-hybridized carbons (Fsp3) is 0.839. The van der Waals surface area contributed by atoms with Gasteiger partial charge in [0.1, 0.15) is 0 Å². The van der Waals surface area contributed by atoms with E-state index in [1.807, 2.05) is 6.92 Å². The Morgan fingerprint density at radius 2 is 1.82 bits per heavy atom. The monoisotopic (exact) mass is 542 g/mol. The highest BCUT2D eigenvalue weighted by Crippen LogP contribution is 2.66. The van der Waals surface area contributed by atoms with E-state index in [-0.39, 0.29) is 34.9 Å². The van der Waals surface area contributed by atoms with Gasteiger partial charge in [0.2, 0.25) is 5.91 Å². The molecule has 5 aliphatic rings. The number of aliphatic hydroxyl groups is 1. The van der Waals surface area contributed by atoms with Crippen LogP contribution in [0, 0.1) is 34.5 Å². The van der Waals surface area contributed by atoms with E-state index in [1.54, 1.807) is 30.9 Å². The van der Waals surface area contributed by atoms with Crippen LogP contribution in [-0.2, 0) is 9.63 Å². The minimum absolute atomic E-state index is 0.0753. The highest BCUT2D eigenvalue weighted by Gasteiger charge is 2.59. The summed E-state index contributed by atoms with van der Waals surface area (Å²) >= 11 is 0. The van der Waals surface area contributed by atoms with Crippen molar-refractivity contribution in [3.8, 4) is 0 Å². The molecule has 5 rings (SSSR count). The van der Waals surface area contributed by atoms with Crippen molar-refractivity contribution in [2.45, 2.75) is 103 Å². The maximum atomic E-state index is 12.8. The molecule has 2 amide bonds. The Balaban J connectivity index is 1.18. The molecule has 9 atom stereocenters. The fourth-order valence-electron chi connectivity index (χ4n) is 9.52. The van der Waals surface area contributed by atoms with Gasteiger partial charge < -0.3 is 20.2 Å². The minimum Gasteiger partial charge on any atom is -0.389 e. The summed E-state index contributed by atoms with van der Waals surface area (Å²) in [4.78, 5) is 33.7. The number of amides is 2. The summed E-state index contributed by atoms with van der Waals surface area (Å²) in [5.41, 5.74) is 2.90. The largest absolute Gasteiger partial charge is 0.435 e. The van der Waals surface area contributed by atoms with Gasteiger partial charge in [-0.25, -0.2) is 4.79 Å². The van der Waals surface area contributed by atoms with Crippen LogP contribution in [0.3, 0.4) is 0 Å². The predicted octanol–water partition coefficient (Wildman–Crippen LogP) is 4.58. The van der Waals surface area contributed by atoms with Gasteiger partial charge in [-0.2, -0.15) is 0 Å². The lowest BCUT2D eigenvalue weighted by Gasteiger charge is -2.58. The van der Waals surface area contributed by atoms with E-state index in [1.165, 1.54) is 31.3 Å². The summed E-state index contributed by atoms with van der Waals surface area (Å²) in [6, 6.07) is -0.105. The number of hydrogen-bond donors (Lipinski definition) is 2. The zero-order chi connectivity index (χ0) is 28.1. The molecule has 0 radical (unpaired) electrons. The van der Waals surface area contributed by atoms with Gasteiger partial charge in [-0.1, -0.05) is 30.7 Å². The molecule has 2 unspecified atom stereocenters. The number of carbonyl (C=O) groups excluding carboxylic acids is 2. The van der Waals surface area contributed by atoms with Crippen LogP contribution in [0.4, 0.5) is 4.79 Å². The van der Waals surface area contributed by atoms with E-state index in [0.29, 0.717) is 24.3 Å². The molecule has 4 fully saturated rings. The lowest BCUT2D eigenvalue weighted by atomic mass is 9.46. The minimum atomic E-state index is -0.444. The van der Waals surface area contributed by atoms with E-state index in [9.17, 15) is 14.7 Å². The summed E-state index contributed by atoms with van der Waals surface area (Å²) < 4.78 is 0. The quantitative estimate of drug-likeness (QED) is 0.230. The molecule has 2 N–H and O–H groups in total. The van der Waals surface area contributed by atoms with Crippen LogP contribution in [0.1, 0.15) is 85.0 Å². The van der Waals surface area contributed by atoms with Gasteiger partial charge in [0.05, 0.1) is 17.9 Å². The lowest BCUT2D eigenvalue weighted by molar-refractivity contribution is -0.130. The van der Waals surface area contributed by atoms with Gasteiger partial charge in [-0.3, -0.25) is 9.63 Å². The molecule has 0 spiro atoms.